The van der Waals surface area contributed by atoms with E-state index in [1.165, 1.54) is 0 Å². The Morgan fingerprint density at radius 1 is 1.50 bits per heavy atom. The summed E-state index contributed by atoms with van der Waals surface area (Å²) < 4.78 is 11.1. The lowest BCUT2D eigenvalue weighted by Gasteiger charge is -2.39. The van der Waals surface area contributed by atoms with Crippen molar-refractivity contribution in [3.8, 4) is 6.07 Å². The minimum atomic E-state index is -0.589. The van der Waals surface area contributed by atoms with Gasteiger partial charge in [0.15, 0.2) is 5.79 Å². The Kier molecular flexibility index (Phi) is 2.95. The summed E-state index contributed by atoms with van der Waals surface area (Å²) in [6.45, 7) is 4.23. The number of aliphatic hydroxyl groups is 1. The van der Waals surface area contributed by atoms with Gasteiger partial charge in [-0.3, -0.25) is 0 Å². The third kappa shape index (κ3) is 2.08. The first-order valence-corrected chi connectivity index (χ1v) is 5.88. The second-order valence-electron chi connectivity index (χ2n) is 5.32. The molecule has 16 heavy (non-hydrogen) atoms. The highest BCUT2D eigenvalue weighted by molar-refractivity contribution is 5.09. The molecule has 0 bridgehead atoms. The van der Waals surface area contributed by atoms with Crippen LogP contribution in [0.2, 0.25) is 0 Å². The molecule has 0 aromatic carbocycles. The van der Waals surface area contributed by atoms with Crippen molar-refractivity contribution in [3.05, 3.63) is 0 Å². The summed E-state index contributed by atoms with van der Waals surface area (Å²) >= 11 is 0. The lowest BCUT2D eigenvalue weighted by Crippen LogP contribution is -2.42. The number of aliphatic hydroxyl groups excluding tert-OH is 1. The molecule has 1 saturated heterocycles. The van der Waals surface area contributed by atoms with E-state index in [-0.39, 0.29) is 6.10 Å². The highest BCUT2D eigenvalue weighted by Gasteiger charge is 2.46. The molecular weight excluding hydrogens is 206 g/mol. The number of ether oxygens (including phenoxy) is 2. The molecule has 2 fully saturated rings. The van der Waals surface area contributed by atoms with Crippen LogP contribution in [0.1, 0.15) is 39.5 Å². The Morgan fingerprint density at radius 2 is 2.19 bits per heavy atom. The molecule has 1 saturated carbocycles. The quantitative estimate of drug-likeness (QED) is 0.792. The van der Waals surface area contributed by atoms with Crippen LogP contribution in [0.15, 0.2) is 0 Å². The summed E-state index contributed by atoms with van der Waals surface area (Å²) in [7, 11) is 0. The van der Waals surface area contributed by atoms with Crippen molar-refractivity contribution in [2.24, 2.45) is 5.41 Å². The summed E-state index contributed by atoms with van der Waals surface area (Å²) in [5.41, 5.74) is -0.518. The van der Waals surface area contributed by atoms with E-state index in [1.807, 2.05) is 13.8 Å². The largest absolute Gasteiger partial charge is 0.391 e. The van der Waals surface area contributed by atoms with Crippen molar-refractivity contribution in [2.45, 2.75) is 57.5 Å². The monoisotopic (exact) mass is 225 g/mol. The van der Waals surface area contributed by atoms with E-state index < -0.39 is 17.3 Å². The minimum Gasteiger partial charge on any atom is -0.391 e. The third-order valence-electron chi connectivity index (χ3n) is 3.66. The molecule has 2 atom stereocenters. The van der Waals surface area contributed by atoms with Gasteiger partial charge >= 0.3 is 0 Å². The van der Waals surface area contributed by atoms with Gasteiger partial charge in [-0.15, -0.1) is 0 Å². The first-order valence-electron chi connectivity index (χ1n) is 5.88. The smallest absolute Gasteiger partial charge is 0.163 e. The first kappa shape index (κ1) is 11.8. The molecule has 1 N–H and O–H groups in total. The van der Waals surface area contributed by atoms with Crippen LogP contribution in [0, 0.1) is 16.7 Å². The van der Waals surface area contributed by atoms with E-state index in [1.54, 1.807) is 0 Å². The van der Waals surface area contributed by atoms with E-state index >= 15 is 0 Å². The molecule has 0 aromatic heterocycles. The molecule has 1 aliphatic carbocycles. The molecule has 4 nitrogen and oxygen atoms in total. The minimum absolute atomic E-state index is 0.0872. The van der Waals surface area contributed by atoms with E-state index in [4.69, 9.17) is 14.7 Å². The fourth-order valence-electron chi connectivity index (χ4n) is 2.43. The zero-order valence-corrected chi connectivity index (χ0v) is 9.90. The molecule has 0 aromatic rings. The van der Waals surface area contributed by atoms with Crippen LogP contribution in [0.3, 0.4) is 0 Å². The van der Waals surface area contributed by atoms with Gasteiger partial charge in [-0.25, -0.2) is 0 Å². The van der Waals surface area contributed by atoms with Crippen LogP contribution in [0.25, 0.3) is 0 Å². The number of nitriles is 1. The van der Waals surface area contributed by atoms with Crippen molar-refractivity contribution in [3.63, 3.8) is 0 Å². The van der Waals surface area contributed by atoms with Crippen molar-refractivity contribution >= 4 is 0 Å². The van der Waals surface area contributed by atoms with Crippen molar-refractivity contribution < 1.29 is 14.6 Å². The van der Waals surface area contributed by atoms with Crippen LogP contribution >= 0.6 is 0 Å². The number of nitrogens with zero attached hydrogens (tertiary/aromatic N) is 1. The predicted octanol–water partition coefficient (Wildman–Crippen LogP) is 1.58. The second-order valence-corrected chi connectivity index (χ2v) is 5.32. The van der Waals surface area contributed by atoms with Crippen molar-refractivity contribution in [1.29, 1.82) is 5.26 Å². The van der Waals surface area contributed by atoms with Crippen LogP contribution in [-0.4, -0.2) is 29.7 Å². The molecule has 1 unspecified atom stereocenters. The highest BCUT2D eigenvalue weighted by atomic mass is 16.7. The lowest BCUT2D eigenvalue weighted by atomic mass is 9.65. The van der Waals surface area contributed by atoms with Crippen molar-refractivity contribution in [1.82, 2.24) is 0 Å². The average molecular weight is 225 g/mol. The topological polar surface area (TPSA) is 62.5 Å². The van der Waals surface area contributed by atoms with Gasteiger partial charge in [0, 0.05) is 6.42 Å². The third-order valence-corrected chi connectivity index (χ3v) is 3.66. The maximum atomic E-state index is 10.1. The zero-order chi connectivity index (χ0) is 11.8. The maximum Gasteiger partial charge on any atom is 0.163 e. The van der Waals surface area contributed by atoms with Gasteiger partial charge in [-0.05, 0) is 26.7 Å². The summed E-state index contributed by atoms with van der Waals surface area (Å²) in [6, 6.07) is 2.26. The second kappa shape index (κ2) is 3.99. The molecular formula is C12H19NO3. The Bertz CT molecular complexity index is 304. The number of hydrogen-bond donors (Lipinski definition) is 1. The van der Waals surface area contributed by atoms with Gasteiger partial charge in [0.25, 0.3) is 0 Å². The zero-order valence-electron chi connectivity index (χ0n) is 9.90. The van der Waals surface area contributed by atoms with Gasteiger partial charge in [0.2, 0.25) is 0 Å². The molecule has 90 valence electrons. The summed E-state index contributed by atoms with van der Waals surface area (Å²) in [5.74, 6) is -0.552. The van der Waals surface area contributed by atoms with Gasteiger partial charge in [0.05, 0.1) is 30.3 Å². The van der Waals surface area contributed by atoms with E-state index in [0.717, 1.165) is 19.3 Å². The van der Waals surface area contributed by atoms with Crippen LogP contribution < -0.4 is 0 Å². The molecule has 1 heterocycles. The highest BCUT2D eigenvalue weighted by Crippen LogP contribution is 2.45. The van der Waals surface area contributed by atoms with Gasteiger partial charge < -0.3 is 14.6 Å². The molecule has 0 amide bonds. The first-order chi connectivity index (χ1) is 7.47. The predicted molar refractivity (Wildman–Crippen MR) is 57.4 cm³/mol. The van der Waals surface area contributed by atoms with Gasteiger partial charge in [-0.1, -0.05) is 6.42 Å². The SMILES string of the molecule is CC1(C)OC[C@@H](CC(O)C2(C#N)CCC2)O1. The molecule has 2 aliphatic rings. The van der Waals surface area contributed by atoms with Gasteiger partial charge in [0.1, 0.15) is 0 Å². The van der Waals surface area contributed by atoms with Crippen LogP contribution in [0.4, 0.5) is 0 Å². The maximum absolute atomic E-state index is 10.1. The van der Waals surface area contributed by atoms with Crippen molar-refractivity contribution in [2.75, 3.05) is 6.61 Å². The summed E-state index contributed by atoms with van der Waals surface area (Å²) in [5, 5.41) is 19.2. The number of hydrogen-bond acceptors (Lipinski definition) is 4. The summed E-state index contributed by atoms with van der Waals surface area (Å²) in [6.07, 6.45) is 2.47. The number of rotatable bonds is 3. The Balaban J connectivity index is 1.89. The standard InChI is InChI=1S/C12H19NO3/c1-11(2)15-7-9(16-11)6-10(14)12(8-13)4-3-5-12/h9-10,14H,3-7H2,1-2H3/t9-,10?/m1/s1. The van der Waals surface area contributed by atoms with Crippen LogP contribution in [-0.2, 0) is 9.47 Å². The fraction of sp³-hybridized carbons (Fsp3) is 0.917. The molecule has 0 spiro atoms. The Labute approximate surface area is 96.2 Å². The molecule has 2 rings (SSSR count). The summed E-state index contributed by atoms with van der Waals surface area (Å²) in [4.78, 5) is 0. The average Bonchev–Trinajstić information content (AvgIpc) is 2.44. The van der Waals surface area contributed by atoms with Crippen LogP contribution in [0.5, 0.6) is 0 Å². The Hall–Kier alpha value is -0.630. The Morgan fingerprint density at radius 3 is 2.56 bits per heavy atom. The van der Waals surface area contributed by atoms with E-state index in [2.05, 4.69) is 6.07 Å². The molecule has 1 aliphatic heterocycles. The van der Waals surface area contributed by atoms with E-state index in [9.17, 15) is 5.11 Å². The molecule has 4 heteroatoms. The lowest BCUT2D eigenvalue weighted by molar-refractivity contribution is -0.144. The fourth-order valence-corrected chi connectivity index (χ4v) is 2.43. The molecule has 0 radical (unpaired) electrons. The normalized spacial score (nSPS) is 32.8. The van der Waals surface area contributed by atoms with E-state index in [0.29, 0.717) is 13.0 Å². The van der Waals surface area contributed by atoms with Gasteiger partial charge in [-0.2, -0.15) is 5.26 Å².